The SMILES string of the molecule is COc1ccc(CCC(=O)Nc2nnc(Cc3ccc(OC)c(OC)c3)s2)cc1. The first-order valence-electron chi connectivity index (χ1n) is 9.07. The maximum Gasteiger partial charge on any atom is 0.226 e. The summed E-state index contributed by atoms with van der Waals surface area (Å²) in [5, 5.41) is 12.4. The molecule has 0 radical (unpaired) electrons. The maximum absolute atomic E-state index is 12.2. The van der Waals surface area contributed by atoms with Crippen LogP contribution in [0.1, 0.15) is 22.6 Å². The Kier molecular flexibility index (Phi) is 7.02. The highest BCUT2D eigenvalue weighted by molar-refractivity contribution is 7.15. The number of hydrogen-bond acceptors (Lipinski definition) is 7. The molecule has 0 fully saturated rings. The standard InChI is InChI=1S/C21H23N3O4S/c1-26-16-8-4-14(5-9-16)7-11-19(25)22-21-24-23-20(29-21)13-15-6-10-17(27-2)18(12-15)28-3/h4-6,8-10,12H,7,11,13H2,1-3H3,(H,22,24,25). The summed E-state index contributed by atoms with van der Waals surface area (Å²) < 4.78 is 15.7. The molecular formula is C21H23N3O4S. The lowest BCUT2D eigenvalue weighted by atomic mass is 10.1. The maximum atomic E-state index is 12.2. The van der Waals surface area contributed by atoms with E-state index >= 15 is 0 Å². The van der Waals surface area contributed by atoms with Crippen molar-refractivity contribution in [3.8, 4) is 17.2 Å². The van der Waals surface area contributed by atoms with E-state index in [9.17, 15) is 4.79 Å². The molecule has 0 bridgehead atoms. The van der Waals surface area contributed by atoms with Crippen molar-refractivity contribution >= 4 is 22.4 Å². The van der Waals surface area contributed by atoms with Crippen molar-refractivity contribution in [2.45, 2.75) is 19.3 Å². The van der Waals surface area contributed by atoms with Gasteiger partial charge in [0.05, 0.1) is 21.3 Å². The van der Waals surface area contributed by atoms with Crippen molar-refractivity contribution in [2.24, 2.45) is 0 Å². The average molecular weight is 413 g/mol. The summed E-state index contributed by atoms with van der Waals surface area (Å²) in [7, 11) is 4.84. The quantitative estimate of drug-likeness (QED) is 0.576. The van der Waals surface area contributed by atoms with Crippen molar-refractivity contribution in [1.29, 1.82) is 0 Å². The van der Waals surface area contributed by atoms with Gasteiger partial charge in [-0.25, -0.2) is 0 Å². The highest BCUT2D eigenvalue weighted by Gasteiger charge is 2.11. The Morgan fingerprint density at radius 3 is 2.34 bits per heavy atom. The van der Waals surface area contributed by atoms with E-state index in [0.29, 0.717) is 35.9 Å². The van der Waals surface area contributed by atoms with Gasteiger partial charge in [0, 0.05) is 12.8 Å². The number of amides is 1. The van der Waals surface area contributed by atoms with Crippen LogP contribution in [-0.2, 0) is 17.6 Å². The zero-order chi connectivity index (χ0) is 20.6. The second kappa shape index (κ2) is 9.88. The predicted molar refractivity (Wildman–Crippen MR) is 112 cm³/mol. The minimum atomic E-state index is -0.0883. The van der Waals surface area contributed by atoms with E-state index in [2.05, 4.69) is 15.5 Å². The molecule has 0 aliphatic carbocycles. The normalized spacial score (nSPS) is 10.4. The first-order chi connectivity index (χ1) is 14.1. The van der Waals surface area contributed by atoms with E-state index in [1.165, 1.54) is 11.3 Å². The van der Waals surface area contributed by atoms with Crippen LogP contribution in [0.25, 0.3) is 0 Å². The Labute approximate surface area is 173 Å². The molecule has 3 aromatic rings. The largest absolute Gasteiger partial charge is 0.497 e. The number of aryl methyl sites for hydroxylation is 1. The van der Waals surface area contributed by atoms with Gasteiger partial charge in [-0.05, 0) is 41.8 Å². The minimum absolute atomic E-state index is 0.0883. The van der Waals surface area contributed by atoms with Crippen LogP contribution in [0.5, 0.6) is 17.2 Å². The summed E-state index contributed by atoms with van der Waals surface area (Å²) >= 11 is 1.36. The third-order valence-corrected chi connectivity index (χ3v) is 5.15. The summed E-state index contributed by atoms with van der Waals surface area (Å²) in [6, 6.07) is 13.4. The molecule has 2 aromatic carbocycles. The Morgan fingerprint density at radius 2 is 1.66 bits per heavy atom. The third kappa shape index (κ3) is 5.68. The molecule has 1 aromatic heterocycles. The van der Waals surface area contributed by atoms with E-state index in [1.807, 2.05) is 42.5 Å². The molecular weight excluding hydrogens is 390 g/mol. The van der Waals surface area contributed by atoms with Gasteiger partial charge in [-0.1, -0.05) is 29.5 Å². The zero-order valence-corrected chi connectivity index (χ0v) is 17.4. The number of carbonyl (C=O) groups excluding carboxylic acids is 1. The van der Waals surface area contributed by atoms with Crippen LogP contribution in [0.2, 0.25) is 0 Å². The summed E-state index contributed by atoms with van der Waals surface area (Å²) in [6.45, 7) is 0. The molecule has 0 aliphatic heterocycles. The molecule has 0 atom stereocenters. The number of nitrogens with zero attached hydrogens (tertiary/aromatic N) is 2. The number of ether oxygens (including phenoxy) is 3. The number of hydrogen-bond donors (Lipinski definition) is 1. The molecule has 0 saturated heterocycles. The van der Waals surface area contributed by atoms with E-state index in [0.717, 1.165) is 21.9 Å². The fourth-order valence-corrected chi connectivity index (χ4v) is 3.56. The topological polar surface area (TPSA) is 82.6 Å². The number of benzene rings is 2. The number of anilines is 1. The van der Waals surface area contributed by atoms with Crippen molar-refractivity contribution in [1.82, 2.24) is 10.2 Å². The van der Waals surface area contributed by atoms with Crippen molar-refractivity contribution in [2.75, 3.05) is 26.6 Å². The second-order valence-corrected chi connectivity index (χ2v) is 7.33. The summed E-state index contributed by atoms with van der Waals surface area (Å²) in [6.07, 6.45) is 1.61. The van der Waals surface area contributed by atoms with Crippen LogP contribution in [0, 0.1) is 0 Å². The molecule has 0 aliphatic rings. The van der Waals surface area contributed by atoms with Crippen LogP contribution in [-0.4, -0.2) is 37.4 Å². The van der Waals surface area contributed by atoms with Gasteiger partial charge in [0.25, 0.3) is 0 Å². The van der Waals surface area contributed by atoms with E-state index in [-0.39, 0.29) is 5.91 Å². The summed E-state index contributed by atoms with van der Waals surface area (Å²) in [5.74, 6) is 2.06. The molecule has 8 heteroatoms. The molecule has 3 rings (SSSR count). The monoisotopic (exact) mass is 413 g/mol. The first kappa shape index (κ1) is 20.6. The van der Waals surface area contributed by atoms with Crippen LogP contribution in [0.3, 0.4) is 0 Å². The van der Waals surface area contributed by atoms with Crippen LogP contribution in [0.4, 0.5) is 5.13 Å². The highest BCUT2D eigenvalue weighted by atomic mass is 32.1. The fourth-order valence-electron chi connectivity index (χ4n) is 2.77. The molecule has 1 heterocycles. The van der Waals surface area contributed by atoms with Gasteiger partial charge in [0.1, 0.15) is 10.8 Å². The van der Waals surface area contributed by atoms with Crippen molar-refractivity contribution < 1.29 is 19.0 Å². The van der Waals surface area contributed by atoms with Gasteiger partial charge in [0.15, 0.2) is 11.5 Å². The fraction of sp³-hybridized carbons (Fsp3) is 0.286. The highest BCUT2D eigenvalue weighted by Crippen LogP contribution is 2.29. The van der Waals surface area contributed by atoms with Gasteiger partial charge in [-0.3, -0.25) is 4.79 Å². The summed E-state index contributed by atoms with van der Waals surface area (Å²) in [5.41, 5.74) is 2.10. The van der Waals surface area contributed by atoms with E-state index < -0.39 is 0 Å². The molecule has 29 heavy (non-hydrogen) atoms. The lowest BCUT2D eigenvalue weighted by Gasteiger charge is -2.08. The molecule has 1 N–H and O–H groups in total. The van der Waals surface area contributed by atoms with Gasteiger partial charge >= 0.3 is 0 Å². The smallest absolute Gasteiger partial charge is 0.226 e. The third-order valence-electron chi connectivity index (χ3n) is 4.32. The van der Waals surface area contributed by atoms with E-state index in [1.54, 1.807) is 21.3 Å². The van der Waals surface area contributed by atoms with Crippen molar-refractivity contribution in [3.63, 3.8) is 0 Å². The Bertz CT molecular complexity index is 957. The summed E-state index contributed by atoms with van der Waals surface area (Å²) in [4.78, 5) is 12.2. The number of nitrogens with one attached hydrogen (secondary N) is 1. The number of carbonyl (C=O) groups is 1. The minimum Gasteiger partial charge on any atom is -0.497 e. The predicted octanol–water partition coefficient (Wildman–Crippen LogP) is 3.73. The van der Waals surface area contributed by atoms with Gasteiger partial charge in [0.2, 0.25) is 11.0 Å². The Hall–Kier alpha value is -3.13. The Morgan fingerprint density at radius 1 is 0.931 bits per heavy atom. The molecule has 7 nitrogen and oxygen atoms in total. The van der Waals surface area contributed by atoms with Crippen LogP contribution in [0.15, 0.2) is 42.5 Å². The molecule has 0 saturated carbocycles. The van der Waals surface area contributed by atoms with Crippen LogP contribution < -0.4 is 19.5 Å². The van der Waals surface area contributed by atoms with E-state index in [4.69, 9.17) is 14.2 Å². The second-order valence-electron chi connectivity index (χ2n) is 6.26. The number of aromatic nitrogens is 2. The van der Waals surface area contributed by atoms with Gasteiger partial charge in [-0.2, -0.15) is 0 Å². The molecule has 1 amide bonds. The Balaban J connectivity index is 1.53. The molecule has 0 unspecified atom stereocenters. The van der Waals surface area contributed by atoms with Gasteiger partial charge < -0.3 is 19.5 Å². The number of rotatable bonds is 9. The zero-order valence-electron chi connectivity index (χ0n) is 16.6. The molecule has 152 valence electrons. The van der Waals surface area contributed by atoms with Gasteiger partial charge in [-0.15, -0.1) is 10.2 Å². The number of methoxy groups -OCH3 is 3. The molecule has 0 spiro atoms. The average Bonchev–Trinajstić information content (AvgIpc) is 3.19. The first-order valence-corrected chi connectivity index (χ1v) is 9.89. The van der Waals surface area contributed by atoms with Crippen LogP contribution >= 0.6 is 11.3 Å². The lowest BCUT2D eigenvalue weighted by Crippen LogP contribution is -2.12. The van der Waals surface area contributed by atoms with Crippen molar-refractivity contribution in [3.05, 3.63) is 58.6 Å². The lowest BCUT2D eigenvalue weighted by molar-refractivity contribution is -0.116.